The first-order valence-electron chi connectivity index (χ1n) is 7.73. The number of pyridine rings is 1. The van der Waals surface area contributed by atoms with Crippen molar-refractivity contribution >= 4 is 21.9 Å². The molecule has 0 saturated heterocycles. The van der Waals surface area contributed by atoms with Gasteiger partial charge in [-0.05, 0) is 25.5 Å². The average Bonchev–Trinajstić information content (AvgIpc) is 2.86. The van der Waals surface area contributed by atoms with E-state index in [0.717, 1.165) is 28.5 Å². The molecule has 0 aliphatic rings. The Morgan fingerprint density at radius 2 is 1.79 bits per heavy atom. The Morgan fingerprint density at radius 3 is 2.54 bits per heavy atom. The number of benzene rings is 2. The number of furan rings is 1. The fraction of sp³-hybridized carbons (Fsp3) is 0.150. The molecule has 24 heavy (non-hydrogen) atoms. The van der Waals surface area contributed by atoms with Crippen LogP contribution in [0.3, 0.4) is 0 Å². The second-order valence-electron chi connectivity index (χ2n) is 6.20. The second kappa shape index (κ2) is 5.13. The lowest BCUT2D eigenvalue weighted by Gasteiger charge is -2.05. The Hall–Kier alpha value is -2.75. The highest BCUT2D eigenvalue weighted by Crippen LogP contribution is 2.38. The van der Waals surface area contributed by atoms with Gasteiger partial charge in [0.2, 0.25) is 5.69 Å². The van der Waals surface area contributed by atoms with Gasteiger partial charge < -0.3 is 4.42 Å². The van der Waals surface area contributed by atoms with Crippen molar-refractivity contribution in [3.63, 3.8) is 0 Å². The van der Waals surface area contributed by atoms with Crippen molar-refractivity contribution in [2.45, 2.75) is 13.8 Å². The molecule has 2 aromatic carbocycles. The normalized spacial score (nSPS) is 11.5. The fourth-order valence-electron chi connectivity index (χ4n) is 3.31. The maximum Gasteiger partial charge on any atom is 0.216 e. The van der Waals surface area contributed by atoms with Gasteiger partial charge in [-0.15, -0.1) is 0 Å². The summed E-state index contributed by atoms with van der Waals surface area (Å²) in [4.78, 5) is 0. The van der Waals surface area contributed by atoms with Crippen LogP contribution in [0.1, 0.15) is 11.1 Å². The van der Waals surface area contributed by atoms with Gasteiger partial charge in [0, 0.05) is 29.1 Å². The SMILES string of the molecule is Cc1ccc(-c2c(C)ccc3c2oc2cc(F)cc(F)c23)[n+](C)c1. The zero-order valence-electron chi connectivity index (χ0n) is 13.7. The van der Waals surface area contributed by atoms with E-state index in [0.29, 0.717) is 16.4 Å². The molecule has 0 atom stereocenters. The average molecular weight is 324 g/mol. The Labute approximate surface area is 138 Å². The van der Waals surface area contributed by atoms with E-state index in [1.807, 2.05) is 55.9 Å². The predicted molar refractivity (Wildman–Crippen MR) is 89.7 cm³/mol. The third-order valence-corrected chi connectivity index (χ3v) is 4.40. The van der Waals surface area contributed by atoms with Gasteiger partial charge in [0.05, 0.1) is 10.9 Å². The van der Waals surface area contributed by atoms with E-state index in [1.165, 1.54) is 6.07 Å². The zero-order chi connectivity index (χ0) is 17.0. The molecule has 0 bridgehead atoms. The first-order chi connectivity index (χ1) is 11.5. The number of aromatic nitrogens is 1. The summed E-state index contributed by atoms with van der Waals surface area (Å²) in [6, 6.07) is 9.93. The van der Waals surface area contributed by atoms with E-state index in [9.17, 15) is 8.78 Å². The maximum atomic E-state index is 14.3. The minimum Gasteiger partial charge on any atom is -0.455 e. The molecule has 0 aliphatic heterocycles. The van der Waals surface area contributed by atoms with Crippen LogP contribution in [-0.4, -0.2) is 0 Å². The van der Waals surface area contributed by atoms with Crippen molar-refractivity contribution in [3.05, 3.63) is 65.4 Å². The minimum absolute atomic E-state index is 0.226. The third-order valence-electron chi connectivity index (χ3n) is 4.40. The first kappa shape index (κ1) is 14.8. The largest absolute Gasteiger partial charge is 0.455 e. The van der Waals surface area contributed by atoms with E-state index in [4.69, 9.17) is 4.42 Å². The van der Waals surface area contributed by atoms with Gasteiger partial charge in [-0.3, -0.25) is 0 Å². The first-order valence-corrected chi connectivity index (χ1v) is 7.73. The van der Waals surface area contributed by atoms with Gasteiger partial charge in [-0.1, -0.05) is 12.1 Å². The summed E-state index contributed by atoms with van der Waals surface area (Å²) in [5, 5.41) is 0.978. The Kier molecular flexibility index (Phi) is 3.17. The van der Waals surface area contributed by atoms with Gasteiger partial charge in [-0.25, -0.2) is 13.3 Å². The molecule has 4 aromatic rings. The molecule has 0 radical (unpaired) electrons. The Morgan fingerprint density at radius 1 is 1.00 bits per heavy atom. The van der Waals surface area contributed by atoms with Crippen molar-refractivity contribution in [2.75, 3.05) is 0 Å². The lowest BCUT2D eigenvalue weighted by atomic mass is 10.00. The van der Waals surface area contributed by atoms with Crippen LogP contribution >= 0.6 is 0 Å². The number of aryl methyl sites for hydroxylation is 3. The molecule has 0 unspecified atom stereocenters. The van der Waals surface area contributed by atoms with Crippen LogP contribution in [0, 0.1) is 25.5 Å². The number of rotatable bonds is 1. The molecule has 120 valence electrons. The number of hydrogen-bond acceptors (Lipinski definition) is 1. The van der Waals surface area contributed by atoms with Crippen molar-refractivity contribution in [1.82, 2.24) is 0 Å². The summed E-state index contributed by atoms with van der Waals surface area (Å²) in [5.74, 6) is -1.25. The standard InChI is InChI=1S/C20H16F2NO/c1-11-4-7-16(23(3)10-11)18-12(2)5-6-14-19-15(22)8-13(21)9-17(19)24-20(14)18/h4-10H,1-3H3/q+1. The number of halogens is 2. The van der Waals surface area contributed by atoms with Crippen LogP contribution in [0.4, 0.5) is 8.78 Å². The van der Waals surface area contributed by atoms with Crippen LogP contribution in [0.25, 0.3) is 33.2 Å². The molecule has 0 N–H and O–H groups in total. The minimum atomic E-state index is -0.641. The molecule has 0 amide bonds. The second-order valence-corrected chi connectivity index (χ2v) is 6.20. The lowest BCUT2D eigenvalue weighted by Crippen LogP contribution is -2.31. The molecule has 0 fully saturated rings. The Bertz CT molecular complexity index is 1110. The lowest BCUT2D eigenvalue weighted by molar-refractivity contribution is -0.660. The van der Waals surface area contributed by atoms with Crippen LogP contribution in [0.15, 0.2) is 47.0 Å². The predicted octanol–water partition coefficient (Wildman–Crippen LogP) is 4.97. The smallest absolute Gasteiger partial charge is 0.216 e. The maximum absolute atomic E-state index is 14.3. The molecule has 2 heterocycles. The topological polar surface area (TPSA) is 17.0 Å². The van der Waals surface area contributed by atoms with Gasteiger partial charge in [0.15, 0.2) is 6.20 Å². The summed E-state index contributed by atoms with van der Waals surface area (Å²) < 4.78 is 35.7. The zero-order valence-corrected chi connectivity index (χ0v) is 13.7. The molecular formula is C20H16F2NO+. The van der Waals surface area contributed by atoms with E-state index in [2.05, 4.69) is 0 Å². The van der Waals surface area contributed by atoms with Crippen molar-refractivity contribution in [3.8, 4) is 11.3 Å². The van der Waals surface area contributed by atoms with Crippen LogP contribution in [0.2, 0.25) is 0 Å². The molecule has 4 rings (SSSR count). The summed E-state index contributed by atoms with van der Waals surface area (Å²) >= 11 is 0. The summed E-state index contributed by atoms with van der Waals surface area (Å²) in [7, 11) is 1.96. The van der Waals surface area contributed by atoms with Gasteiger partial charge >= 0.3 is 0 Å². The fourth-order valence-corrected chi connectivity index (χ4v) is 3.31. The van der Waals surface area contributed by atoms with Crippen molar-refractivity contribution in [2.24, 2.45) is 7.05 Å². The summed E-state index contributed by atoms with van der Waals surface area (Å²) in [5.41, 5.74) is 4.82. The molecule has 0 aliphatic carbocycles. The number of nitrogens with zero attached hydrogens (tertiary/aromatic N) is 1. The summed E-state index contributed by atoms with van der Waals surface area (Å²) in [6.07, 6.45) is 2.02. The van der Waals surface area contributed by atoms with Crippen molar-refractivity contribution in [1.29, 1.82) is 0 Å². The monoisotopic (exact) mass is 324 g/mol. The van der Waals surface area contributed by atoms with Crippen LogP contribution in [-0.2, 0) is 7.05 Å². The molecule has 0 spiro atoms. The highest BCUT2D eigenvalue weighted by molar-refractivity contribution is 6.10. The van der Waals surface area contributed by atoms with Gasteiger partial charge in [0.25, 0.3) is 0 Å². The van der Waals surface area contributed by atoms with Gasteiger partial charge in [0.1, 0.15) is 29.8 Å². The van der Waals surface area contributed by atoms with E-state index < -0.39 is 11.6 Å². The van der Waals surface area contributed by atoms with Crippen LogP contribution in [0.5, 0.6) is 0 Å². The molecular weight excluding hydrogens is 308 g/mol. The molecule has 4 heteroatoms. The molecule has 2 nitrogen and oxygen atoms in total. The highest BCUT2D eigenvalue weighted by atomic mass is 19.1. The molecule has 0 saturated carbocycles. The van der Waals surface area contributed by atoms with Crippen molar-refractivity contribution < 1.29 is 17.8 Å². The quantitative estimate of drug-likeness (QED) is 0.452. The molecule has 2 aromatic heterocycles. The third kappa shape index (κ3) is 2.10. The number of hydrogen-bond donors (Lipinski definition) is 0. The summed E-state index contributed by atoms with van der Waals surface area (Å²) in [6.45, 7) is 4.01. The number of fused-ring (bicyclic) bond motifs is 3. The van der Waals surface area contributed by atoms with Gasteiger partial charge in [-0.2, -0.15) is 0 Å². The van der Waals surface area contributed by atoms with E-state index in [1.54, 1.807) is 0 Å². The van der Waals surface area contributed by atoms with E-state index in [-0.39, 0.29) is 5.58 Å². The van der Waals surface area contributed by atoms with E-state index >= 15 is 0 Å². The Balaban J connectivity index is 2.16. The van der Waals surface area contributed by atoms with Crippen LogP contribution < -0.4 is 4.57 Å². The highest BCUT2D eigenvalue weighted by Gasteiger charge is 2.22.